The van der Waals surface area contributed by atoms with Gasteiger partial charge in [0.25, 0.3) is 0 Å². The van der Waals surface area contributed by atoms with Gasteiger partial charge in [0.2, 0.25) is 0 Å². The van der Waals surface area contributed by atoms with Crippen LogP contribution in [0.15, 0.2) is 36.5 Å². The molecule has 198 valence electrons. The molecule has 0 unspecified atom stereocenters. The van der Waals surface area contributed by atoms with Gasteiger partial charge in [0.05, 0.1) is 16.8 Å². The molecule has 1 N–H and O–H groups in total. The van der Waals surface area contributed by atoms with E-state index in [0.29, 0.717) is 11.5 Å². The largest absolute Gasteiger partial charge is 0.478 e. The fourth-order valence-electron chi connectivity index (χ4n) is 7.57. The number of fused-ring (bicyclic) bond motifs is 4. The topological polar surface area (TPSA) is 50.4 Å². The molecular formula is C32H36FN3O2. The highest BCUT2D eigenvalue weighted by Gasteiger charge is 2.30. The predicted octanol–water partition coefficient (Wildman–Crippen LogP) is 7.54. The van der Waals surface area contributed by atoms with Crippen LogP contribution in [0, 0.1) is 5.82 Å². The van der Waals surface area contributed by atoms with Crippen LogP contribution in [0.5, 0.6) is 0 Å². The smallest absolute Gasteiger partial charge is 0.335 e. The van der Waals surface area contributed by atoms with Crippen LogP contribution in [-0.2, 0) is 19.6 Å². The third kappa shape index (κ3) is 3.87. The quantitative estimate of drug-likeness (QED) is 0.307. The summed E-state index contributed by atoms with van der Waals surface area (Å²) in [6.45, 7) is 4.60. The van der Waals surface area contributed by atoms with Crippen molar-refractivity contribution < 1.29 is 14.3 Å². The number of benzene rings is 2. The van der Waals surface area contributed by atoms with Crippen molar-refractivity contribution in [1.29, 1.82) is 0 Å². The van der Waals surface area contributed by atoms with Gasteiger partial charge in [-0.05, 0) is 86.5 Å². The van der Waals surface area contributed by atoms with E-state index in [-0.39, 0.29) is 5.82 Å². The zero-order valence-electron chi connectivity index (χ0n) is 22.0. The lowest BCUT2D eigenvalue weighted by Crippen LogP contribution is -2.29. The Morgan fingerprint density at radius 1 is 0.921 bits per heavy atom. The highest BCUT2D eigenvalue weighted by molar-refractivity contribution is 6.03. The number of aromatic nitrogens is 2. The van der Waals surface area contributed by atoms with E-state index in [1.807, 2.05) is 18.2 Å². The van der Waals surface area contributed by atoms with Crippen molar-refractivity contribution in [3.8, 4) is 11.3 Å². The first-order valence-corrected chi connectivity index (χ1v) is 14.5. The van der Waals surface area contributed by atoms with Gasteiger partial charge in [-0.15, -0.1) is 0 Å². The third-order valence-corrected chi connectivity index (χ3v) is 9.29. The number of likely N-dealkylation sites (tertiary alicyclic amines) is 1. The summed E-state index contributed by atoms with van der Waals surface area (Å²) < 4.78 is 20.3. The molecule has 2 aromatic heterocycles. The van der Waals surface area contributed by atoms with E-state index in [4.69, 9.17) is 0 Å². The molecule has 7 rings (SSSR count). The summed E-state index contributed by atoms with van der Waals surface area (Å²) in [5.74, 6) is -0.591. The second kappa shape index (κ2) is 9.57. The molecule has 4 aromatic rings. The lowest BCUT2D eigenvalue weighted by molar-refractivity contribution is 0.0697. The van der Waals surface area contributed by atoms with Gasteiger partial charge in [0, 0.05) is 47.7 Å². The monoisotopic (exact) mass is 513 g/mol. The van der Waals surface area contributed by atoms with Crippen LogP contribution >= 0.6 is 0 Å². The van der Waals surface area contributed by atoms with Crippen molar-refractivity contribution in [3.05, 3.63) is 59.0 Å². The first-order valence-electron chi connectivity index (χ1n) is 14.5. The van der Waals surface area contributed by atoms with Crippen LogP contribution in [0.1, 0.15) is 85.2 Å². The molecule has 1 saturated heterocycles. The molecule has 38 heavy (non-hydrogen) atoms. The number of hydrogen-bond acceptors (Lipinski definition) is 2. The van der Waals surface area contributed by atoms with Gasteiger partial charge in [-0.1, -0.05) is 31.7 Å². The van der Waals surface area contributed by atoms with E-state index < -0.39 is 5.97 Å². The van der Waals surface area contributed by atoms with E-state index in [1.54, 1.807) is 12.1 Å². The lowest BCUT2D eigenvalue weighted by Gasteiger charge is -2.26. The summed E-state index contributed by atoms with van der Waals surface area (Å²) in [4.78, 5) is 14.4. The van der Waals surface area contributed by atoms with Gasteiger partial charge in [-0.3, -0.25) is 4.90 Å². The molecule has 2 aliphatic heterocycles. The number of carboxylic acid groups (broad SMARTS) is 1. The van der Waals surface area contributed by atoms with E-state index in [9.17, 15) is 9.90 Å². The molecule has 5 nitrogen and oxygen atoms in total. The normalized spacial score (nSPS) is 19.0. The third-order valence-electron chi connectivity index (χ3n) is 9.29. The second-order valence-corrected chi connectivity index (χ2v) is 11.6. The lowest BCUT2D eigenvalue weighted by atomic mass is 9.81. The SMILES string of the molecule is O=C(O)c1ccc2c(C3CCCCC3)c3n(c2c1)CCCn1cc(CN2CCCCC2)c2c(F)ccc-3c21. The van der Waals surface area contributed by atoms with Gasteiger partial charge in [0.15, 0.2) is 0 Å². The standard InChI is InChI=1S/C32H36FN3O2/c33-26-13-12-25-30-29(26)23(19-34-14-5-2-6-15-34)20-35(30)16-7-17-36-27-18-22(32(37)38)10-11-24(27)28(31(25)36)21-8-3-1-4-9-21/h10-13,18,20-21H,1-9,14-17,19H2,(H,37,38). The first-order chi connectivity index (χ1) is 18.6. The molecule has 1 aliphatic carbocycles. The number of rotatable bonds is 4. The number of carboxylic acids is 1. The number of aryl methyl sites for hydroxylation is 2. The fourth-order valence-corrected chi connectivity index (χ4v) is 7.57. The van der Waals surface area contributed by atoms with Gasteiger partial charge in [0.1, 0.15) is 5.82 Å². The minimum Gasteiger partial charge on any atom is -0.478 e. The zero-order chi connectivity index (χ0) is 25.8. The predicted molar refractivity (Wildman–Crippen MR) is 149 cm³/mol. The molecule has 0 spiro atoms. The molecule has 0 radical (unpaired) electrons. The molecule has 4 heterocycles. The summed E-state index contributed by atoms with van der Waals surface area (Å²) in [6, 6.07) is 9.29. The Labute approximate surface area is 222 Å². The Morgan fingerprint density at radius 3 is 2.50 bits per heavy atom. The van der Waals surface area contributed by atoms with Gasteiger partial charge in [-0.25, -0.2) is 9.18 Å². The maximum Gasteiger partial charge on any atom is 0.335 e. The molecule has 3 aliphatic rings. The minimum absolute atomic E-state index is 0.134. The highest BCUT2D eigenvalue weighted by atomic mass is 19.1. The van der Waals surface area contributed by atoms with Gasteiger partial charge < -0.3 is 14.2 Å². The van der Waals surface area contributed by atoms with Crippen molar-refractivity contribution in [3.63, 3.8) is 0 Å². The van der Waals surface area contributed by atoms with Crippen molar-refractivity contribution >= 4 is 27.8 Å². The van der Waals surface area contributed by atoms with Gasteiger partial charge in [-0.2, -0.15) is 0 Å². The Bertz CT molecular complexity index is 1540. The summed E-state index contributed by atoms with van der Waals surface area (Å²) >= 11 is 0. The Balaban J connectivity index is 1.49. The maximum atomic E-state index is 15.7. The summed E-state index contributed by atoms with van der Waals surface area (Å²) in [5.41, 5.74) is 7.06. The molecular weight excluding hydrogens is 477 g/mol. The Kier molecular flexibility index (Phi) is 6.03. The van der Waals surface area contributed by atoms with Crippen molar-refractivity contribution in [2.45, 2.75) is 83.3 Å². The summed E-state index contributed by atoms with van der Waals surface area (Å²) in [6.07, 6.45) is 12.9. The molecule has 1 saturated carbocycles. The molecule has 0 atom stereocenters. The average molecular weight is 514 g/mol. The van der Waals surface area contributed by atoms with E-state index in [2.05, 4.69) is 20.2 Å². The zero-order valence-corrected chi connectivity index (χ0v) is 22.0. The molecule has 2 aromatic carbocycles. The van der Waals surface area contributed by atoms with Crippen LogP contribution < -0.4 is 0 Å². The highest BCUT2D eigenvalue weighted by Crippen LogP contribution is 2.47. The number of carbonyl (C=O) groups is 1. The van der Waals surface area contributed by atoms with Crippen LogP contribution in [0.4, 0.5) is 4.39 Å². The number of aromatic carboxylic acids is 1. The first kappa shape index (κ1) is 24.0. The van der Waals surface area contributed by atoms with Crippen LogP contribution in [0.2, 0.25) is 0 Å². The Hall–Kier alpha value is -3.12. The van der Waals surface area contributed by atoms with E-state index >= 15 is 4.39 Å². The number of piperidine rings is 1. The fraction of sp³-hybridized carbons (Fsp3) is 0.469. The number of hydrogen-bond donors (Lipinski definition) is 1. The van der Waals surface area contributed by atoms with Crippen LogP contribution in [0.25, 0.3) is 33.1 Å². The molecule has 0 bridgehead atoms. The average Bonchev–Trinajstić information content (AvgIpc) is 3.45. The van der Waals surface area contributed by atoms with Crippen LogP contribution in [-0.4, -0.2) is 38.2 Å². The Morgan fingerprint density at radius 2 is 1.71 bits per heavy atom. The molecule has 0 amide bonds. The van der Waals surface area contributed by atoms with Crippen molar-refractivity contribution in [1.82, 2.24) is 14.0 Å². The molecule has 2 fully saturated rings. The van der Waals surface area contributed by atoms with Gasteiger partial charge >= 0.3 is 5.97 Å². The van der Waals surface area contributed by atoms with Crippen molar-refractivity contribution in [2.75, 3.05) is 13.1 Å². The number of nitrogens with zero attached hydrogens (tertiary/aromatic N) is 3. The van der Waals surface area contributed by atoms with E-state index in [1.165, 1.54) is 55.2 Å². The molecule has 6 heteroatoms. The maximum absolute atomic E-state index is 15.7. The second-order valence-electron chi connectivity index (χ2n) is 11.6. The van der Waals surface area contributed by atoms with Crippen molar-refractivity contribution in [2.24, 2.45) is 0 Å². The number of halogens is 1. The minimum atomic E-state index is -0.895. The summed E-state index contributed by atoms with van der Waals surface area (Å²) in [7, 11) is 0. The summed E-state index contributed by atoms with van der Waals surface area (Å²) in [5, 5.41) is 11.7. The van der Waals surface area contributed by atoms with Crippen LogP contribution in [0.3, 0.4) is 0 Å². The van der Waals surface area contributed by atoms with E-state index in [0.717, 1.165) is 79.5 Å².